The van der Waals surface area contributed by atoms with E-state index in [1.54, 1.807) is 17.4 Å². The molecular weight excluding hydrogens is 278 g/mol. The maximum Gasteiger partial charge on any atom is 0.246 e. The normalized spacial score (nSPS) is 15.5. The van der Waals surface area contributed by atoms with Crippen molar-refractivity contribution in [1.82, 2.24) is 4.90 Å². The number of thiophene rings is 1. The summed E-state index contributed by atoms with van der Waals surface area (Å²) < 4.78 is 0. The van der Waals surface area contributed by atoms with Crippen molar-refractivity contribution in [3.05, 3.63) is 53.4 Å². The highest BCUT2D eigenvalue weighted by Gasteiger charge is 2.13. The summed E-state index contributed by atoms with van der Waals surface area (Å²) in [6.45, 7) is 1.81. The van der Waals surface area contributed by atoms with Gasteiger partial charge in [0.2, 0.25) is 5.91 Å². The van der Waals surface area contributed by atoms with Crippen LogP contribution in [0, 0.1) is 0 Å². The Morgan fingerprint density at radius 1 is 1.00 bits per heavy atom. The van der Waals surface area contributed by atoms with Gasteiger partial charge in [-0.15, -0.1) is 11.3 Å². The third kappa shape index (κ3) is 3.61. The molecule has 0 radical (unpaired) electrons. The lowest BCUT2D eigenvalue weighted by molar-refractivity contribution is -0.126. The summed E-state index contributed by atoms with van der Waals surface area (Å²) in [6, 6.07) is 14.5. The van der Waals surface area contributed by atoms with Crippen LogP contribution in [0.15, 0.2) is 48.5 Å². The molecule has 2 aromatic rings. The number of amides is 1. The molecule has 1 aliphatic heterocycles. The number of hydrogen-bond acceptors (Lipinski definition) is 2. The second-order valence-corrected chi connectivity index (χ2v) is 6.40. The molecule has 3 rings (SSSR count). The second kappa shape index (κ2) is 6.72. The zero-order chi connectivity index (χ0) is 14.5. The van der Waals surface area contributed by atoms with Gasteiger partial charge in [-0.25, -0.2) is 0 Å². The Kier molecular flexibility index (Phi) is 4.51. The molecule has 0 aliphatic carbocycles. The highest BCUT2D eigenvalue weighted by molar-refractivity contribution is 7.16. The molecule has 1 fully saturated rings. The average molecular weight is 297 g/mol. The summed E-state index contributed by atoms with van der Waals surface area (Å²) in [5, 5.41) is 0. The number of benzene rings is 1. The monoisotopic (exact) mass is 297 g/mol. The third-order valence-corrected chi connectivity index (χ3v) is 4.84. The van der Waals surface area contributed by atoms with Gasteiger partial charge >= 0.3 is 0 Å². The fourth-order valence-electron chi connectivity index (χ4n) is 2.57. The summed E-state index contributed by atoms with van der Waals surface area (Å²) in [6.07, 6.45) is 7.17. The summed E-state index contributed by atoms with van der Waals surface area (Å²) in [5.41, 5.74) is 1.23. The summed E-state index contributed by atoms with van der Waals surface area (Å²) >= 11 is 1.72. The van der Waals surface area contributed by atoms with Crippen LogP contribution in [-0.4, -0.2) is 23.9 Å². The Bertz CT molecular complexity index is 624. The zero-order valence-electron chi connectivity index (χ0n) is 12.0. The highest BCUT2D eigenvalue weighted by atomic mass is 32.1. The van der Waals surface area contributed by atoms with Crippen LogP contribution in [0.25, 0.3) is 16.5 Å². The number of hydrogen-bond donors (Lipinski definition) is 0. The fourth-order valence-corrected chi connectivity index (χ4v) is 3.49. The van der Waals surface area contributed by atoms with E-state index in [4.69, 9.17) is 0 Å². The number of rotatable bonds is 3. The first kappa shape index (κ1) is 14.1. The van der Waals surface area contributed by atoms with Gasteiger partial charge < -0.3 is 4.90 Å². The minimum absolute atomic E-state index is 0.143. The van der Waals surface area contributed by atoms with Crippen molar-refractivity contribution in [3.63, 3.8) is 0 Å². The Balaban J connectivity index is 1.66. The van der Waals surface area contributed by atoms with E-state index in [9.17, 15) is 4.79 Å². The van der Waals surface area contributed by atoms with E-state index in [0.717, 1.165) is 30.8 Å². The predicted molar refractivity (Wildman–Crippen MR) is 89.2 cm³/mol. The topological polar surface area (TPSA) is 20.3 Å². The Morgan fingerprint density at radius 3 is 2.52 bits per heavy atom. The van der Waals surface area contributed by atoms with E-state index < -0.39 is 0 Å². The number of nitrogens with zero attached hydrogens (tertiary/aromatic N) is 1. The largest absolute Gasteiger partial charge is 0.339 e. The molecule has 1 aromatic heterocycles. The van der Waals surface area contributed by atoms with Crippen molar-refractivity contribution in [1.29, 1.82) is 0 Å². The Morgan fingerprint density at radius 2 is 1.76 bits per heavy atom. The smallest absolute Gasteiger partial charge is 0.246 e. The zero-order valence-corrected chi connectivity index (χ0v) is 12.8. The molecular formula is C18H19NOS. The lowest BCUT2D eigenvalue weighted by Gasteiger charge is -2.25. The van der Waals surface area contributed by atoms with Crippen molar-refractivity contribution in [2.75, 3.05) is 13.1 Å². The van der Waals surface area contributed by atoms with Gasteiger partial charge in [0.1, 0.15) is 0 Å². The van der Waals surface area contributed by atoms with Crippen LogP contribution in [0.1, 0.15) is 24.1 Å². The standard InChI is InChI=1S/C18H19NOS/c20-18(19-13-5-2-6-14-19)12-10-16-9-11-17(21-16)15-7-3-1-4-8-15/h1,3-4,7-12H,2,5-6,13-14H2/b12-10+. The van der Waals surface area contributed by atoms with Gasteiger partial charge in [0, 0.05) is 28.9 Å². The van der Waals surface area contributed by atoms with E-state index in [2.05, 4.69) is 24.3 Å². The molecule has 108 valence electrons. The molecule has 0 atom stereocenters. The second-order valence-electron chi connectivity index (χ2n) is 5.29. The summed E-state index contributed by atoms with van der Waals surface area (Å²) in [4.78, 5) is 16.4. The van der Waals surface area contributed by atoms with Gasteiger partial charge in [0.15, 0.2) is 0 Å². The van der Waals surface area contributed by atoms with Crippen LogP contribution in [0.2, 0.25) is 0 Å². The van der Waals surface area contributed by atoms with Crippen molar-refractivity contribution in [3.8, 4) is 10.4 Å². The van der Waals surface area contributed by atoms with E-state index in [-0.39, 0.29) is 5.91 Å². The number of likely N-dealkylation sites (tertiary alicyclic amines) is 1. The van der Waals surface area contributed by atoms with E-state index >= 15 is 0 Å². The SMILES string of the molecule is O=C(/C=C/c1ccc(-c2ccccc2)s1)N1CCCCC1. The molecule has 0 saturated carbocycles. The lowest BCUT2D eigenvalue weighted by Crippen LogP contribution is -2.34. The molecule has 21 heavy (non-hydrogen) atoms. The van der Waals surface area contributed by atoms with Crippen LogP contribution < -0.4 is 0 Å². The Hall–Kier alpha value is -1.87. The summed E-state index contributed by atoms with van der Waals surface area (Å²) in [7, 11) is 0. The summed E-state index contributed by atoms with van der Waals surface area (Å²) in [5.74, 6) is 0.143. The number of piperidine rings is 1. The average Bonchev–Trinajstić information content (AvgIpc) is 3.03. The minimum Gasteiger partial charge on any atom is -0.339 e. The molecule has 2 nitrogen and oxygen atoms in total. The first-order valence-electron chi connectivity index (χ1n) is 7.45. The maximum atomic E-state index is 12.1. The first-order chi connectivity index (χ1) is 10.3. The molecule has 1 aromatic carbocycles. The van der Waals surface area contributed by atoms with Crippen molar-refractivity contribution in [2.24, 2.45) is 0 Å². The van der Waals surface area contributed by atoms with Crippen LogP contribution in [0.4, 0.5) is 0 Å². The predicted octanol–water partition coefficient (Wildman–Crippen LogP) is 4.44. The highest BCUT2D eigenvalue weighted by Crippen LogP contribution is 2.28. The van der Waals surface area contributed by atoms with Gasteiger partial charge in [-0.1, -0.05) is 30.3 Å². The molecule has 0 N–H and O–H groups in total. The fraction of sp³-hybridized carbons (Fsp3) is 0.278. The van der Waals surface area contributed by atoms with Crippen LogP contribution in [0.5, 0.6) is 0 Å². The van der Waals surface area contributed by atoms with E-state index in [1.807, 2.05) is 29.2 Å². The maximum absolute atomic E-state index is 12.1. The third-order valence-electron chi connectivity index (χ3n) is 3.74. The van der Waals surface area contributed by atoms with Gasteiger partial charge in [0.05, 0.1) is 0 Å². The van der Waals surface area contributed by atoms with Crippen molar-refractivity contribution < 1.29 is 4.79 Å². The van der Waals surface area contributed by atoms with Crippen molar-refractivity contribution in [2.45, 2.75) is 19.3 Å². The molecule has 3 heteroatoms. The van der Waals surface area contributed by atoms with Crippen LogP contribution in [0.3, 0.4) is 0 Å². The van der Waals surface area contributed by atoms with Crippen LogP contribution in [-0.2, 0) is 4.79 Å². The minimum atomic E-state index is 0.143. The lowest BCUT2D eigenvalue weighted by atomic mass is 10.1. The quantitative estimate of drug-likeness (QED) is 0.767. The molecule has 0 unspecified atom stereocenters. The molecule has 0 bridgehead atoms. The molecule has 2 heterocycles. The van der Waals surface area contributed by atoms with Gasteiger partial charge in [0.25, 0.3) is 0 Å². The number of carbonyl (C=O) groups is 1. The first-order valence-corrected chi connectivity index (χ1v) is 8.27. The van der Waals surface area contributed by atoms with Gasteiger partial charge in [-0.05, 0) is 43.0 Å². The Labute approximate surface area is 129 Å². The van der Waals surface area contributed by atoms with Gasteiger partial charge in [-0.3, -0.25) is 4.79 Å². The van der Waals surface area contributed by atoms with Gasteiger partial charge in [-0.2, -0.15) is 0 Å². The van der Waals surface area contributed by atoms with E-state index in [0.29, 0.717) is 0 Å². The molecule has 0 spiro atoms. The molecule has 1 amide bonds. The molecule has 1 saturated heterocycles. The van der Waals surface area contributed by atoms with Crippen LogP contribution >= 0.6 is 11.3 Å². The number of carbonyl (C=O) groups excluding carboxylic acids is 1. The molecule has 1 aliphatic rings. The van der Waals surface area contributed by atoms with E-state index in [1.165, 1.54) is 16.9 Å². The van der Waals surface area contributed by atoms with Crippen molar-refractivity contribution >= 4 is 23.3 Å².